The Morgan fingerprint density at radius 2 is 1.57 bits per heavy atom. The maximum Gasteiger partial charge on any atom is 0.159 e. The average Bonchev–Trinajstić information content (AvgIpc) is 2.55. The topological polar surface area (TPSA) is 75.9 Å². The van der Waals surface area contributed by atoms with E-state index in [9.17, 15) is 4.39 Å². The molecule has 0 saturated carbocycles. The van der Waals surface area contributed by atoms with Gasteiger partial charge in [0.15, 0.2) is 11.6 Å². The molecule has 0 aliphatic rings. The zero-order valence-electron chi connectivity index (χ0n) is 11.9. The Balaban J connectivity index is 1.86. The van der Waals surface area contributed by atoms with Crippen LogP contribution < -0.4 is 16.4 Å². The molecule has 3 rings (SSSR count). The van der Waals surface area contributed by atoms with Crippen LogP contribution in [0.5, 0.6) is 0 Å². The molecule has 0 atom stereocenters. The number of nitrogens with one attached hydrogen (secondary N) is 2. The van der Waals surface area contributed by atoms with Gasteiger partial charge in [-0.3, -0.25) is 0 Å². The molecule has 0 bridgehead atoms. The minimum absolute atomic E-state index is 0.303. The van der Waals surface area contributed by atoms with E-state index >= 15 is 0 Å². The summed E-state index contributed by atoms with van der Waals surface area (Å²) in [5.74, 6) is 0.625. The van der Waals surface area contributed by atoms with E-state index < -0.39 is 0 Å². The second-order valence-electron chi connectivity index (χ2n) is 4.72. The van der Waals surface area contributed by atoms with Crippen molar-refractivity contribution in [2.75, 3.05) is 16.4 Å². The van der Waals surface area contributed by atoms with Gasteiger partial charge in [0.1, 0.15) is 17.8 Å². The van der Waals surface area contributed by atoms with Crippen molar-refractivity contribution in [3.63, 3.8) is 0 Å². The van der Waals surface area contributed by atoms with Crippen molar-refractivity contribution in [1.82, 2.24) is 9.97 Å². The molecule has 116 valence electrons. The highest BCUT2D eigenvalue weighted by atomic mass is 79.9. The van der Waals surface area contributed by atoms with Crippen molar-refractivity contribution in [3.05, 3.63) is 65.1 Å². The van der Waals surface area contributed by atoms with Crippen LogP contribution in [0, 0.1) is 5.82 Å². The van der Waals surface area contributed by atoms with E-state index in [2.05, 4.69) is 36.5 Å². The summed E-state index contributed by atoms with van der Waals surface area (Å²) in [6.07, 6.45) is 1.40. The predicted molar refractivity (Wildman–Crippen MR) is 93.6 cm³/mol. The van der Waals surface area contributed by atoms with Gasteiger partial charge < -0.3 is 16.4 Å². The molecule has 2 aromatic carbocycles. The number of nitrogen functional groups attached to an aromatic ring is 1. The third-order valence-electron chi connectivity index (χ3n) is 3.12. The number of nitrogens with two attached hydrogens (primary N) is 1. The second-order valence-corrected chi connectivity index (χ2v) is 5.58. The van der Waals surface area contributed by atoms with Crippen molar-refractivity contribution in [2.24, 2.45) is 0 Å². The summed E-state index contributed by atoms with van der Waals surface area (Å²) in [5.41, 5.74) is 8.01. The smallest absolute Gasteiger partial charge is 0.159 e. The van der Waals surface area contributed by atoms with E-state index in [0.29, 0.717) is 23.0 Å². The van der Waals surface area contributed by atoms with E-state index in [1.807, 2.05) is 24.3 Å². The van der Waals surface area contributed by atoms with Gasteiger partial charge in [0.05, 0.1) is 5.69 Å². The van der Waals surface area contributed by atoms with E-state index in [-0.39, 0.29) is 5.82 Å². The monoisotopic (exact) mass is 373 g/mol. The summed E-state index contributed by atoms with van der Waals surface area (Å²) < 4.78 is 13.9. The highest BCUT2D eigenvalue weighted by Gasteiger charge is 2.10. The van der Waals surface area contributed by atoms with Gasteiger partial charge in [0, 0.05) is 10.2 Å². The number of benzene rings is 2. The van der Waals surface area contributed by atoms with Gasteiger partial charge in [-0.2, -0.15) is 0 Å². The lowest BCUT2D eigenvalue weighted by Crippen LogP contribution is -2.05. The summed E-state index contributed by atoms with van der Waals surface area (Å²) in [6, 6.07) is 13.6. The number of hydrogen-bond acceptors (Lipinski definition) is 5. The van der Waals surface area contributed by atoms with E-state index in [1.54, 1.807) is 12.1 Å². The number of halogens is 2. The minimum Gasteiger partial charge on any atom is -0.393 e. The number of rotatable bonds is 4. The summed E-state index contributed by atoms with van der Waals surface area (Å²) in [5, 5.41) is 6.20. The average molecular weight is 374 g/mol. The van der Waals surface area contributed by atoms with Crippen molar-refractivity contribution < 1.29 is 4.39 Å². The normalized spacial score (nSPS) is 10.3. The lowest BCUT2D eigenvalue weighted by molar-refractivity contribution is 0.628. The molecule has 0 saturated heterocycles. The van der Waals surface area contributed by atoms with Crippen LogP contribution in [0.4, 0.5) is 33.1 Å². The number of anilines is 5. The first-order chi connectivity index (χ1) is 11.1. The first kappa shape index (κ1) is 15.2. The summed E-state index contributed by atoms with van der Waals surface area (Å²) in [7, 11) is 0. The van der Waals surface area contributed by atoms with Gasteiger partial charge in [-0.05, 0) is 52.3 Å². The van der Waals surface area contributed by atoms with Crippen LogP contribution in [0.25, 0.3) is 0 Å². The Bertz CT molecular complexity index is 823. The molecule has 23 heavy (non-hydrogen) atoms. The van der Waals surface area contributed by atoms with Crippen LogP contribution in [0.1, 0.15) is 0 Å². The van der Waals surface area contributed by atoms with Gasteiger partial charge in [-0.1, -0.05) is 12.1 Å². The molecule has 0 fully saturated rings. The third-order valence-corrected chi connectivity index (χ3v) is 3.81. The SMILES string of the molecule is Nc1c(Nc2ccc(F)cc2)ncnc1Nc1ccccc1Br. The summed E-state index contributed by atoms with van der Waals surface area (Å²) in [6.45, 7) is 0. The molecular formula is C16H13BrFN5. The number of nitrogens with zero attached hydrogens (tertiary/aromatic N) is 2. The number of hydrogen-bond donors (Lipinski definition) is 3. The molecule has 3 aromatic rings. The first-order valence-corrected chi connectivity index (χ1v) is 7.57. The van der Waals surface area contributed by atoms with Crippen LogP contribution in [0.15, 0.2) is 59.3 Å². The summed E-state index contributed by atoms with van der Waals surface area (Å²) in [4.78, 5) is 8.29. The molecule has 0 aliphatic carbocycles. The van der Waals surface area contributed by atoms with Crippen LogP contribution >= 0.6 is 15.9 Å². The lowest BCUT2D eigenvalue weighted by atomic mass is 10.3. The molecule has 0 radical (unpaired) electrons. The van der Waals surface area contributed by atoms with Gasteiger partial charge in [0.25, 0.3) is 0 Å². The Morgan fingerprint density at radius 1 is 0.913 bits per heavy atom. The molecule has 7 heteroatoms. The largest absolute Gasteiger partial charge is 0.393 e. The van der Waals surface area contributed by atoms with Gasteiger partial charge in [-0.15, -0.1) is 0 Å². The van der Waals surface area contributed by atoms with E-state index in [1.165, 1.54) is 18.5 Å². The number of aromatic nitrogens is 2. The zero-order valence-corrected chi connectivity index (χ0v) is 13.5. The fourth-order valence-electron chi connectivity index (χ4n) is 1.95. The fourth-order valence-corrected chi connectivity index (χ4v) is 2.34. The van der Waals surface area contributed by atoms with Crippen LogP contribution in [-0.4, -0.2) is 9.97 Å². The Morgan fingerprint density at radius 3 is 2.26 bits per heavy atom. The number of para-hydroxylation sites is 1. The fraction of sp³-hybridized carbons (Fsp3) is 0. The molecule has 4 N–H and O–H groups in total. The second kappa shape index (κ2) is 6.62. The van der Waals surface area contributed by atoms with Crippen LogP contribution in [0.2, 0.25) is 0 Å². The third kappa shape index (κ3) is 3.57. The molecule has 5 nitrogen and oxygen atoms in total. The Kier molecular flexibility index (Phi) is 4.38. The van der Waals surface area contributed by atoms with E-state index in [0.717, 1.165) is 10.2 Å². The lowest BCUT2D eigenvalue weighted by Gasteiger charge is -2.13. The summed E-state index contributed by atoms with van der Waals surface area (Å²) >= 11 is 3.46. The van der Waals surface area contributed by atoms with Gasteiger partial charge in [-0.25, -0.2) is 14.4 Å². The molecule has 0 spiro atoms. The standard InChI is InChI=1S/C16H13BrFN5/c17-12-3-1-2-4-13(12)23-16-14(19)15(20-9-21-16)22-11-7-5-10(18)6-8-11/h1-9H,19H2,(H2,20,21,22,23). The van der Waals surface area contributed by atoms with Crippen molar-refractivity contribution >= 4 is 44.6 Å². The molecule has 0 unspecified atom stereocenters. The van der Waals surface area contributed by atoms with E-state index in [4.69, 9.17) is 5.73 Å². The van der Waals surface area contributed by atoms with Crippen molar-refractivity contribution in [1.29, 1.82) is 0 Å². The van der Waals surface area contributed by atoms with Crippen LogP contribution in [0.3, 0.4) is 0 Å². The zero-order chi connectivity index (χ0) is 16.2. The maximum atomic E-state index is 13.0. The predicted octanol–water partition coefficient (Wildman–Crippen LogP) is 4.45. The maximum absolute atomic E-state index is 13.0. The molecule has 0 amide bonds. The quantitative estimate of drug-likeness (QED) is 0.629. The van der Waals surface area contributed by atoms with Gasteiger partial charge in [0.2, 0.25) is 0 Å². The highest BCUT2D eigenvalue weighted by molar-refractivity contribution is 9.10. The Hall–Kier alpha value is -2.67. The van der Waals surface area contributed by atoms with Gasteiger partial charge >= 0.3 is 0 Å². The molecular weight excluding hydrogens is 361 g/mol. The molecule has 0 aliphatic heterocycles. The van der Waals surface area contributed by atoms with Crippen LogP contribution in [-0.2, 0) is 0 Å². The Labute approximate surface area is 140 Å². The first-order valence-electron chi connectivity index (χ1n) is 6.78. The molecule has 1 heterocycles. The molecule has 1 aromatic heterocycles. The minimum atomic E-state index is -0.303. The van der Waals surface area contributed by atoms with Crippen molar-refractivity contribution in [3.8, 4) is 0 Å². The highest BCUT2D eigenvalue weighted by Crippen LogP contribution is 2.30. The van der Waals surface area contributed by atoms with Crippen molar-refractivity contribution in [2.45, 2.75) is 0 Å².